The minimum atomic E-state index is -1.66. The van der Waals surface area contributed by atoms with Crippen molar-refractivity contribution in [3.63, 3.8) is 0 Å². The Kier molecular flexibility index (Phi) is 15.6. The van der Waals surface area contributed by atoms with E-state index in [1.165, 1.54) is 111 Å². The van der Waals surface area contributed by atoms with Crippen LogP contribution in [0.5, 0.6) is 5.75 Å². The fraction of sp³-hybridized carbons (Fsp3) is 0.116. The summed E-state index contributed by atoms with van der Waals surface area (Å²) >= 11 is 0. The van der Waals surface area contributed by atoms with Gasteiger partial charge in [0.05, 0.1) is 25.7 Å². The molecule has 0 radical (unpaired) electrons. The molecule has 4 heteroatoms. The van der Waals surface area contributed by atoms with Gasteiger partial charge in [0.2, 0.25) is 0 Å². The Morgan fingerprint density at radius 2 is 0.911 bits per heavy atom. The van der Waals surface area contributed by atoms with Crippen LogP contribution in [0.4, 0.5) is 17.1 Å². The van der Waals surface area contributed by atoms with E-state index in [4.69, 9.17) is 4.74 Å². The molecule has 1 aliphatic carbocycles. The van der Waals surface area contributed by atoms with E-state index in [9.17, 15) is 0 Å². The van der Waals surface area contributed by atoms with Gasteiger partial charge in [0.1, 0.15) is 5.75 Å². The highest BCUT2D eigenvalue weighted by Gasteiger charge is 2.45. The summed E-state index contributed by atoms with van der Waals surface area (Å²) in [4.78, 5) is 2.46. The average Bonchev–Trinajstić information content (AvgIpc) is 1.55. The van der Waals surface area contributed by atoms with Gasteiger partial charge < -0.3 is 14.2 Å². The van der Waals surface area contributed by atoms with Crippen molar-refractivity contribution in [2.45, 2.75) is 57.3 Å². The number of aromatic nitrogens is 1. The van der Waals surface area contributed by atoms with Gasteiger partial charge in [0, 0.05) is 38.9 Å². The van der Waals surface area contributed by atoms with E-state index >= 15 is 0 Å². The van der Waals surface area contributed by atoms with Crippen molar-refractivity contribution in [2.24, 2.45) is 0 Å². The smallest absolute Gasteiger partial charge is 0.119 e. The maximum absolute atomic E-state index is 6.34. The highest BCUT2D eigenvalue weighted by Crippen LogP contribution is 2.57. The summed E-state index contributed by atoms with van der Waals surface area (Å²) in [6.07, 6.45) is 5.88. The van der Waals surface area contributed by atoms with Crippen molar-refractivity contribution in [1.82, 2.24) is 4.57 Å². The monoisotopic (exact) mass is 1180 g/mol. The van der Waals surface area contributed by atoms with Gasteiger partial charge in [0.25, 0.3) is 0 Å². The second-order valence-corrected chi connectivity index (χ2v) is 30.5. The lowest BCUT2D eigenvalue weighted by Gasteiger charge is -2.35. The maximum Gasteiger partial charge on any atom is 0.119 e. The predicted octanol–water partition coefficient (Wildman–Crippen LogP) is 23.7. The molecule has 0 amide bonds. The largest absolute Gasteiger partial charge is 0.494 e. The molecule has 1 atom stereocenters. The molecule has 14 rings (SSSR count). The number of rotatable bonds is 19. The van der Waals surface area contributed by atoms with E-state index in [0.717, 1.165) is 65.1 Å². The van der Waals surface area contributed by atoms with Gasteiger partial charge in [-0.1, -0.05) is 245 Å². The molecule has 0 saturated carbocycles. The first kappa shape index (κ1) is 57.5. The number of hydrogen-bond acceptors (Lipinski definition) is 2. The molecular weight excluding hydrogens is 1110 g/mol. The Balaban J connectivity index is 0.813. The standard InChI is InChI=1S/C86H74N2OSi/c1-7-62-29-33-66(34-30-62)68-39-49-84-80(57-68)81-58-69(40-50-85(81)88(84)71-25-16-11-17-26-71)79-56-60(3)78(55-61(79)4)67-37-43-73(44-38-67)87(72-41-35-65(36-42-72)64-21-12-9-13-22-64)74-45-48-77-76-27-18-19-28-82(76)86(83(77)59-74,70-23-14-10-15-24-70)51-20-53-90(5,6)54-52-89-75-46-31-63(8-2)32-47-75/h7-19,21-50,55-59H,1-2,20,51-54H2,3-6H3. The third-order valence-corrected chi connectivity index (χ3v) is 22.3. The van der Waals surface area contributed by atoms with E-state index in [-0.39, 0.29) is 5.41 Å². The Bertz CT molecular complexity index is 4760. The van der Waals surface area contributed by atoms with E-state index in [1.807, 2.05) is 12.2 Å². The molecule has 0 N–H and O–H groups in total. The number of para-hydroxylation sites is 1. The first-order valence-corrected chi connectivity index (χ1v) is 35.2. The Morgan fingerprint density at radius 3 is 1.56 bits per heavy atom. The third kappa shape index (κ3) is 10.9. The summed E-state index contributed by atoms with van der Waals surface area (Å²) in [7, 11) is -1.66. The summed E-state index contributed by atoms with van der Waals surface area (Å²) in [6.45, 7) is 18.2. The molecule has 13 aromatic rings. The molecule has 0 spiro atoms. The lowest BCUT2D eigenvalue weighted by Crippen LogP contribution is -2.31. The van der Waals surface area contributed by atoms with Gasteiger partial charge in [-0.25, -0.2) is 0 Å². The van der Waals surface area contributed by atoms with Gasteiger partial charge in [-0.05, 0) is 206 Å². The molecule has 0 fully saturated rings. The van der Waals surface area contributed by atoms with Crippen LogP contribution in [0.2, 0.25) is 25.2 Å². The second kappa shape index (κ2) is 24.4. The van der Waals surface area contributed by atoms with E-state index < -0.39 is 8.07 Å². The molecular formula is C86H74N2OSi. The predicted molar refractivity (Wildman–Crippen MR) is 387 cm³/mol. The van der Waals surface area contributed by atoms with Crippen LogP contribution in [0, 0.1) is 13.8 Å². The van der Waals surface area contributed by atoms with Crippen LogP contribution < -0.4 is 9.64 Å². The molecule has 0 aliphatic heterocycles. The summed E-state index contributed by atoms with van der Waals surface area (Å²) < 4.78 is 8.74. The first-order valence-electron chi connectivity index (χ1n) is 31.8. The number of benzene rings is 12. The molecule has 90 heavy (non-hydrogen) atoms. The highest BCUT2D eigenvalue weighted by molar-refractivity contribution is 6.77. The van der Waals surface area contributed by atoms with Gasteiger partial charge in [-0.3, -0.25) is 0 Å². The van der Waals surface area contributed by atoms with Crippen molar-refractivity contribution in [3.05, 3.63) is 331 Å². The normalized spacial score (nSPS) is 13.5. The number of anilines is 3. The van der Waals surface area contributed by atoms with Crippen LogP contribution in [0.3, 0.4) is 0 Å². The topological polar surface area (TPSA) is 17.4 Å². The number of hydrogen-bond donors (Lipinski definition) is 0. The fourth-order valence-electron chi connectivity index (χ4n) is 14.2. The van der Waals surface area contributed by atoms with Gasteiger partial charge >= 0.3 is 0 Å². The fourth-order valence-corrected chi connectivity index (χ4v) is 16.2. The van der Waals surface area contributed by atoms with Gasteiger partial charge in [-0.15, -0.1) is 0 Å². The number of aryl methyl sites for hydroxylation is 2. The number of nitrogens with zero attached hydrogens (tertiary/aromatic N) is 2. The summed E-state index contributed by atoms with van der Waals surface area (Å²) in [5.41, 5.74) is 27.6. The Morgan fingerprint density at radius 1 is 0.422 bits per heavy atom. The van der Waals surface area contributed by atoms with Crippen molar-refractivity contribution in [3.8, 4) is 67.1 Å². The maximum atomic E-state index is 6.34. The highest BCUT2D eigenvalue weighted by atomic mass is 28.3. The molecule has 0 bridgehead atoms. The summed E-state index contributed by atoms with van der Waals surface area (Å²) in [6, 6.07) is 106. The SMILES string of the molecule is C=Cc1ccc(OCC[Si](C)(C)CCCC2(c3ccccc3)c3ccccc3-c3ccc(N(c4ccc(-c5ccccc5)cc4)c4ccc(-c5cc(C)c(-c6ccc7c(c6)c6cc(-c8ccc(C=C)cc8)ccc6n7-c6ccccc6)cc5C)cc4)cc32)cc1. The molecule has 1 unspecified atom stereocenters. The van der Waals surface area contributed by atoms with Crippen LogP contribution in [0.1, 0.15) is 51.8 Å². The molecule has 1 aromatic heterocycles. The number of ether oxygens (including phenoxy) is 1. The Hall–Kier alpha value is -10.3. The van der Waals surface area contributed by atoms with Crippen molar-refractivity contribution in [2.75, 3.05) is 11.5 Å². The zero-order chi connectivity index (χ0) is 61.3. The minimum absolute atomic E-state index is 0.347. The third-order valence-electron chi connectivity index (χ3n) is 19.0. The lowest BCUT2D eigenvalue weighted by molar-refractivity contribution is 0.338. The quantitative estimate of drug-likeness (QED) is 0.0751. The van der Waals surface area contributed by atoms with Crippen LogP contribution in [0.15, 0.2) is 292 Å². The van der Waals surface area contributed by atoms with E-state index in [1.54, 1.807) is 0 Å². The van der Waals surface area contributed by atoms with Crippen molar-refractivity contribution >= 4 is 59.1 Å². The van der Waals surface area contributed by atoms with Crippen LogP contribution in [-0.2, 0) is 5.41 Å². The van der Waals surface area contributed by atoms with Gasteiger partial charge in [-0.2, -0.15) is 0 Å². The molecule has 438 valence electrons. The molecule has 3 nitrogen and oxygen atoms in total. The van der Waals surface area contributed by atoms with Crippen molar-refractivity contribution in [1.29, 1.82) is 0 Å². The minimum Gasteiger partial charge on any atom is -0.494 e. The summed E-state index contributed by atoms with van der Waals surface area (Å²) in [5, 5.41) is 2.46. The molecule has 1 aliphatic rings. The van der Waals surface area contributed by atoms with Gasteiger partial charge in [0.15, 0.2) is 0 Å². The number of fused-ring (bicyclic) bond motifs is 6. The zero-order valence-corrected chi connectivity index (χ0v) is 53.0. The van der Waals surface area contributed by atoms with Crippen LogP contribution >= 0.6 is 0 Å². The van der Waals surface area contributed by atoms with Crippen LogP contribution in [-0.4, -0.2) is 19.2 Å². The van der Waals surface area contributed by atoms with Crippen molar-refractivity contribution < 1.29 is 4.74 Å². The zero-order valence-electron chi connectivity index (χ0n) is 52.0. The average molecular weight is 1180 g/mol. The Labute approximate surface area is 532 Å². The lowest BCUT2D eigenvalue weighted by atomic mass is 9.69. The van der Waals surface area contributed by atoms with E-state index in [2.05, 4.69) is 329 Å². The summed E-state index contributed by atoms with van der Waals surface area (Å²) in [5.74, 6) is 0.924. The van der Waals surface area contributed by atoms with E-state index in [0.29, 0.717) is 0 Å². The molecule has 12 aromatic carbocycles. The second-order valence-electron chi connectivity index (χ2n) is 25.2. The first-order chi connectivity index (χ1) is 44.1. The molecule has 1 heterocycles. The van der Waals surface area contributed by atoms with Crippen LogP contribution in [0.25, 0.3) is 95.3 Å². The molecule has 0 saturated heterocycles.